The largest absolute Gasteiger partial charge is 0.368 e. The number of aromatic nitrogens is 2. The Hall–Kier alpha value is -2.14. The van der Waals surface area contributed by atoms with Crippen molar-refractivity contribution in [2.24, 2.45) is 5.73 Å². The second-order valence-electron chi connectivity index (χ2n) is 5.05. The lowest BCUT2D eigenvalue weighted by atomic mass is 10.2. The average Bonchev–Trinajstić information content (AvgIpc) is 2.86. The van der Waals surface area contributed by atoms with Crippen molar-refractivity contribution < 1.29 is 4.79 Å². The molecule has 2 aromatic rings. The van der Waals surface area contributed by atoms with Crippen LogP contribution < -0.4 is 11.1 Å². The number of imidazole rings is 1. The molecule has 1 unspecified atom stereocenters. The minimum Gasteiger partial charge on any atom is -0.368 e. The quantitative estimate of drug-likeness (QED) is 0.835. The zero-order chi connectivity index (χ0) is 14.5. The molecule has 1 aromatic carbocycles. The molecule has 2 rings (SSSR count). The van der Waals surface area contributed by atoms with Crippen molar-refractivity contribution >= 4 is 5.91 Å². The molecular weight excluding hydrogens is 252 g/mol. The lowest BCUT2D eigenvalue weighted by molar-refractivity contribution is -0.120. The van der Waals surface area contributed by atoms with Gasteiger partial charge in [-0.2, -0.15) is 0 Å². The Labute approximate surface area is 118 Å². The first-order chi connectivity index (χ1) is 9.58. The fourth-order valence-electron chi connectivity index (χ4n) is 2.13. The van der Waals surface area contributed by atoms with Crippen LogP contribution in [-0.2, 0) is 11.3 Å². The highest BCUT2D eigenvalue weighted by Crippen LogP contribution is 2.17. The molecule has 1 amide bonds. The molecule has 0 fully saturated rings. The van der Waals surface area contributed by atoms with Gasteiger partial charge in [-0.15, -0.1) is 0 Å². The number of nitrogens with one attached hydrogen (secondary N) is 1. The molecule has 20 heavy (non-hydrogen) atoms. The molecule has 0 spiro atoms. The summed E-state index contributed by atoms with van der Waals surface area (Å²) in [5.41, 5.74) is 6.47. The lowest BCUT2D eigenvalue weighted by Gasteiger charge is -2.19. The molecule has 1 aromatic heterocycles. The third-order valence-electron chi connectivity index (χ3n) is 3.00. The molecule has 0 radical (unpaired) electrons. The van der Waals surface area contributed by atoms with Gasteiger partial charge in [0.25, 0.3) is 0 Å². The van der Waals surface area contributed by atoms with Crippen LogP contribution in [0, 0.1) is 0 Å². The minimum atomic E-state index is -0.410. The van der Waals surface area contributed by atoms with Crippen LogP contribution in [0.1, 0.15) is 13.8 Å². The number of rotatable bonds is 6. The van der Waals surface area contributed by atoms with E-state index >= 15 is 0 Å². The number of nitrogens with zero attached hydrogens (tertiary/aromatic N) is 2. The summed E-state index contributed by atoms with van der Waals surface area (Å²) < 4.78 is 1.94. The van der Waals surface area contributed by atoms with Crippen LogP contribution >= 0.6 is 0 Å². The Kier molecular flexibility index (Phi) is 4.53. The molecule has 5 nitrogen and oxygen atoms in total. The maximum absolute atomic E-state index is 11.5. The number of carbonyl (C=O) groups is 1. The first-order valence-electron chi connectivity index (χ1n) is 6.70. The highest BCUT2D eigenvalue weighted by molar-refractivity contribution is 5.79. The number of carbonyl (C=O) groups excluding carboxylic acids is 1. The van der Waals surface area contributed by atoms with Gasteiger partial charge in [0.05, 0.1) is 0 Å². The Morgan fingerprint density at radius 3 is 2.65 bits per heavy atom. The van der Waals surface area contributed by atoms with E-state index in [0.29, 0.717) is 6.54 Å². The Balaban J connectivity index is 2.22. The Morgan fingerprint density at radius 1 is 1.35 bits per heavy atom. The van der Waals surface area contributed by atoms with Gasteiger partial charge in [0.2, 0.25) is 5.91 Å². The number of hydrogen-bond donors (Lipinski definition) is 2. The first-order valence-corrected chi connectivity index (χ1v) is 6.70. The van der Waals surface area contributed by atoms with E-state index in [1.165, 1.54) is 0 Å². The van der Waals surface area contributed by atoms with Crippen molar-refractivity contribution in [1.82, 2.24) is 14.9 Å². The van der Waals surface area contributed by atoms with E-state index in [-0.39, 0.29) is 11.9 Å². The van der Waals surface area contributed by atoms with Gasteiger partial charge < -0.3 is 15.6 Å². The molecule has 3 N–H and O–H groups in total. The fraction of sp³-hybridized carbons (Fsp3) is 0.333. The topological polar surface area (TPSA) is 72.9 Å². The van der Waals surface area contributed by atoms with E-state index in [1.807, 2.05) is 54.9 Å². The van der Waals surface area contributed by atoms with Gasteiger partial charge in [-0.05, 0) is 0 Å². The molecule has 5 heteroatoms. The molecule has 0 aliphatic carbocycles. The summed E-state index contributed by atoms with van der Waals surface area (Å²) in [6, 6.07) is 9.66. The molecule has 1 atom stereocenters. The summed E-state index contributed by atoms with van der Waals surface area (Å²) in [5.74, 6) is 0.480. The number of nitrogens with two attached hydrogens (primary N) is 1. The van der Waals surface area contributed by atoms with Crippen molar-refractivity contribution in [3.63, 3.8) is 0 Å². The summed E-state index contributed by atoms with van der Waals surface area (Å²) in [4.78, 5) is 15.9. The van der Waals surface area contributed by atoms with E-state index in [9.17, 15) is 4.79 Å². The van der Waals surface area contributed by atoms with E-state index in [1.54, 1.807) is 6.20 Å². The summed E-state index contributed by atoms with van der Waals surface area (Å²) in [5, 5.41) is 3.17. The van der Waals surface area contributed by atoms with Crippen molar-refractivity contribution in [2.75, 3.05) is 0 Å². The third-order valence-corrected chi connectivity index (χ3v) is 3.00. The van der Waals surface area contributed by atoms with Crippen LogP contribution in [0.5, 0.6) is 0 Å². The number of hydrogen-bond acceptors (Lipinski definition) is 3. The van der Waals surface area contributed by atoms with E-state index in [2.05, 4.69) is 10.3 Å². The standard InChI is InChI=1S/C15H20N4O/c1-11(2)18-13(14(16)20)10-19-9-8-17-15(19)12-6-4-3-5-7-12/h3-9,11,13,18H,10H2,1-2H3,(H2,16,20). The van der Waals surface area contributed by atoms with Gasteiger partial charge in [-0.25, -0.2) is 4.98 Å². The summed E-state index contributed by atoms with van der Waals surface area (Å²) in [6.45, 7) is 4.45. The number of benzene rings is 1. The van der Waals surface area contributed by atoms with Gasteiger partial charge >= 0.3 is 0 Å². The minimum absolute atomic E-state index is 0.191. The van der Waals surface area contributed by atoms with Crippen molar-refractivity contribution in [2.45, 2.75) is 32.5 Å². The van der Waals surface area contributed by atoms with Crippen LogP contribution in [0.4, 0.5) is 0 Å². The molecule has 106 valence electrons. The first kappa shape index (κ1) is 14.3. The zero-order valence-electron chi connectivity index (χ0n) is 11.8. The van der Waals surface area contributed by atoms with E-state index < -0.39 is 6.04 Å². The Morgan fingerprint density at radius 2 is 2.05 bits per heavy atom. The maximum atomic E-state index is 11.5. The average molecular weight is 272 g/mol. The zero-order valence-corrected chi connectivity index (χ0v) is 11.8. The predicted octanol–water partition coefficient (Wildman–Crippen LogP) is 1.40. The molecule has 0 saturated heterocycles. The highest BCUT2D eigenvalue weighted by atomic mass is 16.1. The number of primary amides is 1. The Bertz CT molecular complexity index is 562. The summed E-state index contributed by atoms with van der Waals surface area (Å²) in [7, 11) is 0. The molecule has 0 aliphatic rings. The van der Waals surface area contributed by atoms with Crippen molar-refractivity contribution in [1.29, 1.82) is 0 Å². The van der Waals surface area contributed by atoms with Gasteiger partial charge in [0.15, 0.2) is 0 Å². The van der Waals surface area contributed by atoms with Crippen LogP contribution in [0.2, 0.25) is 0 Å². The van der Waals surface area contributed by atoms with Crippen LogP contribution in [0.15, 0.2) is 42.7 Å². The SMILES string of the molecule is CC(C)NC(Cn1ccnc1-c1ccccc1)C(N)=O. The van der Waals surface area contributed by atoms with Crippen LogP contribution in [0.3, 0.4) is 0 Å². The van der Waals surface area contributed by atoms with Crippen molar-refractivity contribution in [3.05, 3.63) is 42.7 Å². The normalized spacial score (nSPS) is 12.6. The predicted molar refractivity (Wildman–Crippen MR) is 78.9 cm³/mol. The molecule has 0 aliphatic heterocycles. The highest BCUT2D eigenvalue weighted by Gasteiger charge is 2.18. The third kappa shape index (κ3) is 3.45. The van der Waals surface area contributed by atoms with Gasteiger partial charge in [0, 0.05) is 30.5 Å². The maximum Gasteiger partial charge on any atom is 0.236 e. The lowest BCUT2D eigenvalue weighted by Crippen LogP contribution is -2.47. The second kappa shape index (κ2) is 6.34. The number of amides is 1. The molecule has 0 saturated carbocycles. The molecular formula is C15H20N4O. The van der Waals surface area contributed by atoms with Crippen LogP contribution in [-0.4, -0.2) is 27.5 Å². The van der Waals surface area contributed by atoms with Crippen LogP contribution in [0.25, 0.3) is 11.4 Å². The fourth-order valence-corrected chi connectivity index (χ4v) is 2.13. The molecule has 1 heterocycles. The summed E-state index contributed by atoms with van der Waals surface area (Å²) in [6.07, 6.45) is 3.59. The molecule has 0 bridgehead atoms. The van der Waals surface area contributed by atoms with E-state index in [4.69, 9.17) is 5.73 Å². The van der Waals surface area contributed by atoms with Crippen molar-refractivity contribution in [3.8, 4) is 11.4 Å². The monoisotopic (exact) mass is 272 g/mol. The second-order valence-corrected chi connectivity index (χ2v) is 5.05. The van der Waals surface area contributed by atoms with Gasteiger partial charge in [0.1, 0.15) is 11.9 Å². The summed E-state index contributed by atoms with van der Waals surface area (Å²) >= 11 is 0. The smallest absolute Gasteiger partial charge is 0.236 e. The van der Waals surface area contributed by atoms with Gasteiger partial charge in [-0.3, -0.25) is 4.79 Å². The van der Waals surface area contributed by atoms with Gasteiger partial charge in [-0.1, -0.05) is 44.2 Å². The van der Waals surface area contributed by atoms with E-state index in [0.717, 1.165) is 11.4 Å².